The third kappa shape index (κ3) is 1.87. The number of pyridine rings is 1. The third-order valence-electron chi connectivity index (χ3n) is 3.05. The number of fused-ring (bicyclic) bond motifs is 1. The molecule has 2 N–H and O–H groups in total. The van der Waals surface area contributed by atoms with Gasteiger partial charge in [0.05, 0.1) is 12.5 Å². The van der Waals surface area contributed by atoms with Crippen molar-refractivity contribution in [2.45, 2.75) is 0 Å². The molecule has 3 rings (SSSR count). The smallest absolute Gasteiger partial charge is 0.293 e. The van der Waals surface area contributed by atoms with Crippen LogP contribution in [0.25, 0.3) is 22.0 Å². The summed E-state index contributed by atoms with van der Waals surface area (Å²) in [4.78, 5) is 16.9. The van der Waals surface area contributed by atoms with Crippen LogP contribution in [-0.2, 0) is 0 Å². The Morgan fingerprint density at radius 2 is 1.90 bits per heavy atom. The molecule has 0 unspecified atom stereocenters. The van der Waals surface area contributed by atoms with Crippen molar-refractivity contribution in [1.29, 1.82) is 0 Å². The average molecular weight is 268 g/mol. The minimum atomic E-state index is -0.328. The van der Waals surface area contributed by atoms with Crippen molar-refractivity contribution in [3.05, 3.63) is 52.9 Å². The molecule has 0 aliphatic rings. The Labute approximate surface area is 114 Å². The highest BCUT2D eigenvalue weighted by Gasteiger charge is 2.11. The maximum absolute atomic E-state index is 12.0. The van der Waals surface area contributed by atoms with E-state index in [4.69, 9.17) is 10.6 Å². The van der Waals surface area contributed by atoms with Gasteiger partial charge >= 0.3 is 0 Å². The van der Waals surface area contributed by atoms with Crippen LogP contribution >= 0.6 is 0 Å². The molecule has 0 saturated carbocycles. The first-order chi connectivity index (χ1) is 9.70. The number of rotatable bonds is 2. The van der Waals surface area contributed by atoms with Crippen molar-refractivity contribution in [3.8, 4) is 17.1 Å². The zero-order valence-corrected chi connectivity index (χ0v) is 10.8. The lowest BCUT2D eigenvalue weighted by Gasteiger charge is -2.08. The van der Waals surface area contributed by atoms with Gasteiger partial charge in [-0.15, -0.1) is 9.89 Å². The standard InChI is InChI=1S/C14H12N4O2/c1-20-12-7-6-9(8-16-12)13-10-4-2-3-5-11(10)14(19)18(15)17-13/h2-8H,15H2,1H3. The summed E-state index contributed by atoms with van der Waals surface area (Å²) in [6.07, 6.45) is 1.64. The van der Waals surface area contributed by atoms with Crippen molar-refractivity contribution in [1.82, 2.24) is 14.9 Å². The number of nitrogens with zero attached hydrogens (tertiary/aromatic N) is 3. The summed E-state index contributed by atoms with van der Waals surface area (Å²) in [6.45, 7) is 0. The highest BCUT2D eigenvalue weighted by atomic mass is 16.5. The van der Waals surface area contributed by atoms with Crippen LogP contribution in [0.2, 0.25) is 0 Å². The normalized spacial score (nSPS) is 10.7. The minimum Gasteiger partial charge on any atom is -0.481 e. The van der Waals surface area contributed by atoms with E-state index in [-0.39, 0.29) is 5.56 Å². The van der Waals surface area contributed by atoms with Crippen LogP contribution in [0.1, 0.15) is 0 Å². The monoisotopic (exact) mass is 268 g/mol. The van der Waals surface area contributed by atoms with Gasteiger partial charge < -0.3 is 10.6 Å². The molecular formula is C14H12N4O2. The lowest BCUT2D eigenvalue weighted by atomic mass is 10.1. The van der Waals surface area contributed by atoms with E-state index in [1.54, 1.807) is 31.5 Å². The summed E-state index contributed by atoms with van der Waals surface area (Å²) in [5.41, 5.74) is 1.05. The molecule has 3 aromatic rings. The molecule has 20 heavy (non-hydrogen) atoms. The Bertz CT molecular complexity index is 825. The molecule has 0 bridgehead atoms. The second-order valence-electron chi connectivity index (χ2n) is 4.23. The van der Waals surface area contributed by atoms with Crippen molar-refractivity contribution in [2.24, 2.45) is 0 Å². The maximum Gasteiger partial charge on any atom is 0.293 e. The second-order valence-corrected chi connectivity index (χ2v) is 4.23. The highest BCUT2D eigenvalue weighted by Crippen LogP contribution is 2.24. The molecule has 100 valence electrons. The van der Waals surface area contributed by atoms with Gasteiger partial charge in [0.25, 0.3) is 5.56 Å². The van der Waals surface area contributed by atoms with E-state index in [1.165, 1.54) is 0 Å². The van der Waals surface area contributed by atoms with Crippen LogP contribution < -0.4 is 16.1 Å². The number of methoxy groups -OCH3 is 1. The SMILES string of the molecule is COc1ccc(-c2nn(N)c(=O)c3ccccc23)cn1. The van der Waals surface area contributed by atoms with E-state index in [9.17, 15) is 4.79 Å². The Hall–Kier alpha value is -2.89. The van der Waals surface area contributed by atoms with Gasteiger partial charge in [-0.3, -0.25) is 4.79 Å². The van der Waals surface area contributed by atoms with Crippen LogP contribution in [0.15, 0.2) is 47.4 Å². The highest BCUT2D eigenvalue weighted by molar-refractivity contribution is 5.93. The summed E-state index contributed by atoms with van der Waals surface area (Å²) < 4.78 is 5.02. The molecule has 0 amide bonds. The summed E-state index contributed by atoms with van der Waals surface area (Å²) >= 11 is 0. The molecule has 0 atom stereocenters. The largest absolute Gasteiger partial charge is 0.481 e. The van der Waals surface area contributed by atoms with Crippen molar-refractivity contribution >= 4 is 10.8 Å². The fourth-order valence-electron chi connectivity index (χ4n) is 2.06. The summed E-state index contributed by atoms with van der Waals surface area (Å²) in [5, 5.41) is 5.39. The Morgan fingerprint density at radius 1 is 1.15 bits per heavy atom. The van der Waals surface area contributed by atoms with Crippen LogP contribution in [-0.4, -0.2) is 22.0 Å². The van der Waals surface area contributed by atoms with Gasteiger partial charge in [-0.2, -0.15) is 0 Å². The second kappa shape index (κ2) is 4.65. The first kappa shape index (κ1) is 12.2. The van der Waals surface area contributed by atoms with Crippen LogP contribution in [0.4, 0.5) is 0 Å². The van der Waals surface area contributed by atoms with Gasteiger partial charge in [0.15, 0.2) is 0 Å². The predicted octanol–water partition coefficient (Wildman–Crippen LogP) is 1.18. The summed E-state index contributed by atoms with van der Waals surface area (Å²) in [5.74, 6) is 6.14. The molecular weight excluding hydrogens is 256 g/mol. The molecule has 2 aromatic heterocycles. The Kier molecular flexibility index (Phi) is 2.83. The van der Waals surface area contributed by atoms with E-state index in [0.29, 0.717) is 17.0 Å². The number of hydrogen-bond donors (Lipinski definition) is 1. The quantitative estimate of drug-likeness (QED) is 0.706. The average Bonchev–Trinajstić information content (AvgIpc) is 2.51. The molecule has 2 heterocycles. The molecule has 0 aliphatic carbocycles. The van der Waals surface area contributed by atoms with Gasteiger partial charge in [-0.25, -0.2) is 4.98 Å². The predicted molar refractivity (Wildman–Crippen MR) is 75.9 cm³/mol. The molecule has 6 heteroatoms. The molecule has 0 aliphatic heterocycles. The number of hydrogen-bond acceptors (Lipinski definition) is 5. The number of ether oxygens (including phenoxy) is 1. The van der Waals surface area contributed by atoms with Gasteiger partial charge in [-0.1, -0.05) is 18.2 Å². The molecule has 6 nitrogen and oxygen atoms in total. The molecule has 0 radical (unpaired) electrons. The molecule has 0 spiro atoms. The van der Waals surface area contributed by atoms with Gasteiger partial charge in [0.2, 0.25) is 5.88 Å². The molecule has 1 aromatic carbocycles. The molecule has 0 saturated heterocycles. The third-order valence-corrected chi connectivity index (χ3v) is 3.05. The fourth-order valence-corrected chi connectivity index (χ4v) is 2.06. The van der Waals surface area contributed by atoms with Crippen LogP contribution in [0.5, 0.6) is 5.88 Å². The van der Waals surface area contributed by atoms with E-state index < -0.39 is 0 Å². The van der Waals surface area contributed by atoms with E-state index in [0.717, 1.165) is 15.7 Å². The van der Waals surface area contributed by atoms with E-state index in [1.807, 2.05) is 18.2 Å². The van der Waals surface area contributed by atoms with Crippen LogP contribution in [0.3, 0.4) is 0 Å². The van der Waals surface area contributed by atoms with Gasteiger partial charge in [0, 0.05) is 23.2 Å². The zero-order chi connectivity index (χ0) is 14.1. The Balaban J connectivity index is 2.30. The number of benzene rings is 1. The van der Waals surface area contributed by atoms with Crippen molar-refractivity contribution in [3.63, 3.8) is 0 Å². The Morgan fingerprint density at radius 3 is 2.55 bits per heavy atom. The number of aromatic nitrogens is 3. The summed E-state index contributed by atoms with van der Waals surface area (Å²) in [7, 11) is 1.55. The summed E-state index contributed by atoms with van der Waals surface area (Å²) in [6, 6.07) is 10.8. The first-order valence-corrected chi connectivity index (χ1v) is 5.98. The number of nitrogen functional groups attached to an aromatic ring is 1. The van der Waals surface area contributed by atoms with E-state index >= 15 is 0 Å². The topological polar surface area (TPSA) is 83.0 Å². The number of nitrogens with two attached hydrogens (primary N) is 1. The van der Waals surface area contributed by atoms with Crippen molar-refractivity contribution < 1.29 is 4.74 Å². The van der Waals surface area contributed by atoms with E-state index in [2.05, 4.69) is 10.1 Å². The lowest BCUT2D eigenvalue weighted by molar-refractivity contribution is 0.398. The lowest BCUT2D eigenvalue weighted by Crippen LogP contribution is -2.30. The fraction of sp³-hybridized carbons (Fsp3) is 0.0714. The first-order valence-electron chi connectivity index (χ1n) is 5.98. The van der Waals surface area contributed by atoms with Crippen LogP contribution in [0, 0.1) is 0 Å². The van der Waals surface area contributed by atoms with Gasteiger partial charge in [-0.05, 0) is 12.1 Å². The van der Waals surface area contributed by atoms with Gasteiger partial charge in [0.1, 0.15) is 5.69 Å². The maximum atomic E-state index is 12.0. The minimum absolute atomic E-state index is 0.328. The zero-order valence-electron chi connectivity index (χ0n) is 10.8. The van der Waals surface area contributed by atoms with Crippen molar-refractivity contribution in [2.75, 3.05) is 13.0 Å². The molecule has 0 fully saturated rings.